The molecule has 1 aliphatic heterocycles. The Morgan fingerprint density at radius 1 is 1.09 bits per heavy atom. The highest BCUT2D eigenvalue weighted by Gasteiger charge is 2.50. The zero-order valence-electron chi connectivity index (χ0n) is 28.3. The molecule has 0 bridgehead atoms. The lowest BCUT2D eigenvalue weighted by molar-refractivity contribution is -0.137. The molecule has 10 N–H and O–H groups in total. The number of amides is 2. The van der Waals surface area contributed by atoms with E-state index >= 15 is 0 Å². The third kappa shape index (κ3) is 13.2. The second-order valence-electron chi connectivity index (χ2n) is 12.0. The van der Waals surface area contributed by atoms with Crippen LogP contribution < -0.4 is 16.4 Å². The molecule has 0 saturated carbocycles. The smallest absolute Gasteiger partial charge is 0.386 e. The molecule has 0 aliphatic carbocycles. The summed E-state index contributed by atoms with van der Waals surface area (Å²) in [5.74, 6) is -1.17. The summed E-state index contributed by atoms with van der Waals surface area (Å²) in [6, 6.07) is 0. The van der Waals surface area contributed by atoms with Crippen molar-refractivity contribution in [1.82, 2.24) is 30.2 Å². The van der Waals surface area contributed by atoms with Crippen LogP contribution in [0, 0.1) is 5.41 Å². The first-order chi connectivity index (χ1) is 24.4. The fourth-order valence-electron chi connectivity index (χ4n) is 4.40. The number of fused-ring (bicyclic) bond motifs is 1. The van der Waals surface area contributed by atoms with Crippen LogP contribution in [0.15, 0.2) is 24.8 Å². The van der Waals surface area contributed by atoms with Crippen molar-refractivity contribution in [3.63, 3.8) is 0 Å². The highest BCUT2D eigenvalue weighted by Crippen LogP contribution is 2.61. The van der Waals surface area contributed by atoms with Gasteiger partial charge in [-0.2, -0.15) is 4.31 Å². The van der Waals surface area contributed by atoms with E-state index in [0.717, 1.165) is 29.0 Å². The van der Waals surface area contributed by atoms with Gasteiger partial charge < -0.3 is 50.9 Å². The van der Waals surface area contributed by atoms with Gasteiger partial charge in [0.1, 0.15) is 36.3 Å². The highest BCUT2D eigenvalue weighted by molar-refractivity contribution is 8.14. The molecule has 3 heterocycles. The fourth-order valence-corrected chi connectivity index (χ4v) is 7.86. The molecule has 28 heteroatoms. The molecule has 0 spiro atoms. The minimum Gasteiger partial charge on any atom is -0.386 e. The van der Waals surface area contributed by atoms with Crippen molar-refractivity contribution in [3.8, 4) is 0 Å². The van der Waals surface area contributed by atoms with Gasteiger partial charge in [-0.25, -0.2) is 28.6 Å². The van der Waals surface area contributed by atoms with Crippen LogP contribution in [0.5, 0.6) is 0 Å². The Morgan fingerprint density at radius 2 is 1.75 bits per heavy atom. The molecule has 2 aromatic heterocycles. The Kier molecular flexibility index (Phi) is 15.4. The van der Waals surface area contributed by atoms with E-state index in [0.29, 0.717) is 11.3 Å². The van der Waals surface area contributed by atoms with Gasteiger partial charge in [0, 0.05) is 30.7 Å². The summed E-state index contributed by atoms with van der Waals surface area (Å²) in [6.07, 6.45) is -6.93. The number of nitrogens with one attached hydrogen (secondary N) is 2. The van der Waals surface area contributed by atoms with Crippen LogP contribution in [0.3, 0.4) is 0 Å². The van der Waals surface area contributed by atoms with E-state index < -0.39 is 84.6 Å². The van der Waals surface area contributed by atoms with E-state index in [-0.39, 0.29) is 41.6 Å². The topological polar surface area (TPSA) is 364 Å². The van der Waals surface area contributed by atoms with E-state index in [1.165, 1.54) is 13.8 Å². The van der Waals surface area contributed by atoms with Crippen molar-refractivity contribution >= 4 is 69.1 Å². The highest BCUT2D eigenvalue weighted by atomic mass is 32.2. The maximum Gasteiger partial charge on any atom is 0.481 e. The lowest BCUT2D eigenvalue weighted by atomic mass is 9.87. The lowest BCUT2D eigenvalue weighted by Crippen LogP contribution is -2.46. The number of phosphoric acid groups is 3. The predicted octanol–water partition coefficient (Wildman–Crippen LogP) is -0.759. The van der Waals surface area contributed by atoms with Crippen molar-refractivity contribution in [3.05, 3.63) is 24.8 Å². The number of anilines is 1. The number of aliphatic hydroxyl groups is 2. The van der Waals surface area contributed by atoms with E-state index in [9.17, 15) is 57.9 Å². The van der Waals surface area contributed by atoms with Crippen LogP contribution in [-0.4, -0.2) is 123 Å². The van der Waals surface area contributed by atoms with Gasteiger partial charge in [0.05, 0.1) is 19.5 Å². The van der Waals surface area contributed by atoms with E-state index in [1.54, 1.807) is 6.92 Å². The van der Waals surface area contributed by atoms with Crippen LogP contribution in [0.25, 0.3) is 11.2 Å². The first-order valence-electron chi connectivity index (χ1n) is 15.1. The Balaban J connectivity index is 1.53. The second-order valence-corrected chi connectivity index (χ2v) is 17.3. The maximum absolute atomic E-state index is 12.6. The van der Waals surface area contributed by atoms with Gasteiger partial charge >= 0.3 is 23.5 Å². The van der Waals surface area contributed by atoms with Crippen molar-refractivity contribution in [2.24, 2.45) is 5.41 Å². The molecule has 0 aromatic carbocycles. The number of rotatable bonds is 20. The first-order valence-corrected chi connectivity index (χ1v) is 20.7. The number of nitrogen functional groups attached to an aromatic ring is 1. The van der Waals surface area contributed by atoms with E-state index in [2.05, 4.69) is 41.0 Å². The summed E-state index contributed by atoms with van der Waals surface area (Å²) in [5, 5.41) is 26.0. The third-order valence-electron chi connectivity index (χ3n) is 7.08. The number of imidazole rings is 1. The van der Waals surface area contributed by atoms with Crippen molar-refractivity contribution in [1.29, 1.82) is 0 Å². The quantitative estimate of drug-likeness (QED) is 0.0449. The number of aromatic nitrogens is 4. The summed E-state index contributed by atoms with van der Waals surface area (Å²) in [4.78, 5) is 86.8. The van der Waals surface area contributed by atoms with Gasteiger partial charge in [0.25, 0.3) is 0 Å². The van der Waals surface area contributed by atoms with Crippen LogP contribution in [-0.2, 0) is 50.7 Å². The normalized spacial score (nSPS) is 22.1. The van der Waals surface area contributed by atoms with Gasteiger partial charge in [-0.1, -0.05) is 32.2 Å². The molecule has 2 amide bonds. The molecular weight excluding hydrogens is 795 g/mol. The van der Waals surface area contributed by atoms with Crippen LogP contribution in [0.4, 0.5) is 5.82 Å². The zero-order chi connectivity index (χ0) is 39.9. The summed E-state index contributed by atoms with van der Waals surface area (Å²) < 4.78 is 61.9. The monoisotopic (exact) mass is 835 g/mol. The van der Waals surface area contributed by atoms with Crippen molar-refractivity contribution in [2.45, 2.75) is 57.8 Å². The maximum atomic E-state index is 12.6. The lowest BCUT2D eigenvalue weighted by Gasteiger charge is -2.30. The molecule has 1 saturated heterocycles. The summed E-state index contributed by atoms with van der Waals surface area (Å²) in [5.41, 5.74) is 4.62. The van der Waals surface area contributed by atoms with Gasteiger partial charge in [-0.15, -0.1) is 0 Å². The first kappa shape index (κ1) is 44.7. The van der Waals surface area contributed by atoms with Crippen LogP contribution >= 0.6 is 35.2 Å². The third-order valence-corrected chi connectivity index (χ3v) is 11.2. The van der Waals surface area contributed by atoms with Gasteiger partial charge in [0.2, 0.25) is 16.9 Å². The minimum absolute atomic E-state index is 0.0291. The number of carbonyl (C=O) groups is 3. The molecule has 7 atom stereocenters. The number of aliphatic hydroxyl groups excluding tert-OH is 2. The number of ether oxygens (including phenoxy) is 1. The van der Waals surface area contributed by atoms with E-state index in [1.807, 2.05) is 0 Å². The van der Waals surface area contributed by atoms with Crippen LogP contribution in [0.1, 0.15) is 33.4 Å². The average molecular weight is 836 g/mol. The zero-order valence-corrected chi connectivity index (χ0v) is 31.8. The van der Waals surface area contributed by atoms with Crippen LogP contribution in [0.2, 0.25) is 0 Å². The second kappa shape index (κ2) is 18.3. The number of phosphoric ester groups is 3. The van der Waals surface area contributed by atoms with Gasteiger partial charge in [0.15, 0.2) is 17.7 Å². The molecule has 4 unspecified atom stereocenters. The standard InChI is InChI=1S/C25H40N7O17P3S/c1-13(2)24(37)53-8-7-27-15(33)5-6-28-22(36)19(35)25(3,4)10-46-52(43,44)49-51(41,42)45-9-14-18(48-50(38,39)40)17(34)23(47-14)32-12-31-16-20(26)29-11-30-21(16)32/h11-12,14,17-19,23,34-35H,1,5-10H2,2-4H3,(H,27,33)(H,28,36)(H,41,42)(H,43,44)(H2,26,29,30)(H2,38,39,40)/t14-,17-,18?,19?,23-/m1/s1. The Bertz CT molecular complexity index is 1810. The fraction of sp³-hybridized carbons (Fsp3) is 0.600. The number of nitrogens with two attached hydrogens (primary N) is 1. The molecule has 298 valence electrons. The number of hydrogen-bond acceptors (Lipinski definition) is 18. The molecule has 0 radical (unpaired) electrons. The molecule has 24 nitrogen and oxygen atoms in total. The molecule has 2 aromatic rings. The van der Waals surface area contributed by atoms with Gasteiger partial charge in [-0.3, -0.25) is 32.5 Å². The van der Waals surface area contributed by atoms with Crippen molar-refractivity contribution in [2.75, 3.05) is 37.8 Å². The summed E-state index contributed by atoms with van der Waals surface area (Å²) >= 11 is 0.979. The summed E-state index contributed by atoms with van der Waals surface area (Å²) in [6.45, 7) is 5.52. The Morgan fingerprint density at radius 3 is 2.40 bits per heavy atom. The van der Waals surface area contributed by atoms with Crippen molar-refractivity contribution < 1.29 is 80.5 Å². The predicted molar refractivity (Wildman–Crippen MR) is 182 cm³/mol. The average Bonchev–Trinajstić information content (AvgIpc) is 3.60. The Labute approximate surface area is 305 Å². The molecule has 1 fully saturated rings. The summed E-state index contributed by atoms with van der Waals surface area (Å²) in [7, 11) is -16.4. The largest absolute Gasteiger partial charge is 0.481 e. The number of hydrogen-bond donors (Lipinski definition) is 9. The molecular formula is C25H40N7O17P3S. The molecule has 1 aliphatic rings. The molecule has 3 rings (SSSR count). The van der Waals surface area contributed by atoms with Gasteiger partial charge in [-0.05, 0) is 12.5 Å². The number of carbonyl (C=O) groups excluding carboxylic acids is 3. The minimum atomic E-state index is -5.57. The SMILES string of the molecule is C=C(C)C(=O)SCCNC(=O)CCNC(=O)C(O)C(C)(C)COP(=O)(O)OP(=O)(O)OC[C@H]1O[C@@H](n2cnc3c(N)ncnc32)[C@H](O)C1OP(=O)(O)O. The number of thioether (sulfide) groups is 1. The van der Waals surface area contributed by atoms with E-state index in [4.69, 9.17) is 19.5 Å². The Hall–Kier alpha value is -2.70. The molecule has 53 heavy (non-hydrogen) atoms. The number of nitrogens with zero attached hydrogens (tertiary/aromatic N) is 4.